The molecule has 0 radical (unpaired) electrons. The number of aliphatic hydroxyl groups is 1. The molecule has 2 heterocycles. The van der Waals surface area contributed by atoms with Crippen LogP contribution in [0.4, 0.5) is 0 Å². The van der Waals surface area contributed by atoms with Crippen LogP contribution in [-0.2, 0) is 11.8 Å². The molecule has 28 heavy (non-hydrogen) atoms. The quantitative estimate of drug-likeness (QED) is 0.725. The maximum absolute atomic E-state index is 13.2. The molecule has 2 N–H and O–H groups in total. The number of carbonyl (C=O) groups excluding carboxylic acids is 1. The molecule has 1 aliphatic carbocycles. The zero-order valence-corrected chi connectivity index (χ0v) is 15.6. The molecule has 0 saturated carbocycles. The number of aromatic amines is 1. The minimum Gasteiger partial charge on any atom is -0.392 e. The van der Waals surface area contributed by atoms with Gasteiger partial charge in [-0.05, 0) is 30.4 Å². The summed E-state index contributed by atoms with van der Waals surface area (Å²) in [5.74, 6) is 0.00299. The van der Waals surface area contributed by atoms with Gasteiger partial charge in [0.05, 0.1) is 23.6 Å². The van der Waals surface area contributed by atoms with Crippen LogP contribution in [0.2, 0.25) is 0 Å². The fourth-order valence-electron chi connectivity index (χ4n) is 4.92. The monoisotopic (exact) mass is 373 g/mol. The van der Waals surface area contributed by atoms with E-state index in [4.69, 9.17) is 0 Å². The second kappa shape index (κ2) is 6.60. The highest BCUT2D eigenvalue weighted by molar-refractivity contribution is 5.99. The zero-order chi connectivity index (χ0) is 19.1. The Hall–Kier alpha value is -2.92. The van der Waals surface area contributed by atoms with E-state index in [1.807, 2.05) is 47.4 Å². The Bertz CT molecular complexity index is 1000. The van der Waals surface area contributed by atoms with Crippen molar-refractivity contribution in [1.29, 1.82) is 0 Å². The van der Waals surface area contributed by atoms with Crippen molar-refractivity contribution in [3.63, 3.8) is 0 Å². The smallest absolute Gasteiger partial charge is 0.257 e. The second-order valence-electron chi connectivity index (χ2n) is 7.85. The van der Waals surface area contributed by atoms with Gasteiger partial charge in [0, 0.05) is 24.1 Å². The summed E-state index contributed by atoms with van der Waals surface area (Å²) in [7, 11) is 0. The SMILES string of the molecule is O=C(c1cn[nH]c1-c1ccccc1)N1CCC2(CC1)c1ccccc1CC2O. The van der Waals surface area contributed by atoms with Crippen molar-refractivity contribution in [1.82, 2.24) is 15.1 Å². The van der Waals surface area contributed by atoms with Gasteiger partial charge in [0.15, 0.2) is 0 Å². The average Bonchev–Trinajstić information content (AvgIpc) is 3.33. The third kappa shape index (κ3) is 2.58. The highest BCUT2D eigenvalue weighted by Crippen LogP contribution is 2.46. The summed E-state index contributed by atoms with van der Waals surface area (Å²) in [6, 6.07) is 18.1. The Morgan fingerprint density at radius 3 is 2.57 bits per heavy atom. The number of hydrogen-bond acceptors (Lipinski definition) is 3. The molecule has 1 amide bonds. The van der Waals surface area contributed by atoms with Crippen LogP contribution in [0.5, 0.6) is 0 Å². The number of benzene rings is 2. The van der Waals surface area contributed by atoms with Crippen LogP contribution in [0, 0.1) is 0 Å². The van der Waals surface area contributed by atoms with Crippen molar-refractivity contribution < 1.29 is 9.90 Å². The van der Waals surface area contributed by atoms with Gasteiger partial charge in [-0.1, -0.05) is 54.6 Å². The molecule has 1 unspecified atom stereocenters. The molecular formula is C23H23N3O2. The Morgan fingerprint density at radius 1 is 1.07 bits per heavy atom. The summed E-state index contributed by atoms with van der Waals surface area (Å²) in [5, 5.41) is 17.9. The number of hydrogen-bond donors (Lipinski definition) is 2. The standard InChI is InChI=1S/C23H23N3O2/c27-20-14-17-8-4-5-9-19(17)23(20)10-12-26(13-11-23)22(28)18-15-24-25-21(18)16-6-2-1-3-7-16/h1-9,15,20,27H,10-14H2,(H,24,25). The predicted octanol–water partition coefficient (Wildman–Crippen LogP) is 3.17. The van der Waals surface area contributed by atoms with Gasteiger partial charge in [0.2, 0.25) is 0 Å². The minimum absolute atomic E-state index is 0.00299. The van der Waals surface area contributed by atoms with E-state index in [1.54, 1.807) is 6.20 Å². The average molecular weight is 373 g/mol. The van der Waals surface area contributed by atoms with Crippen LogP contribution in [0.3, 0.4) is 0 Å². The molecule has 1 saturated heterocycles. The van der Waals surface area contributed by atoms with E-state index in [0.29, 0.717) is 25.1 Å². The van der Waals surface area contributed by atoms with Gasteiger partial charge in [-0.2, -0.15) is 5.10 Å². The van der Waals surface area contributed by atoms with Crippen LogP contribution in [0.1, 0.15) is 34.3 Å². The first kappa shape index (κ1) is 17.2. The molecule has 0 bridgehead atoms. The number of rotatable bonds is 2. The second-order valence-corrected chi connectivity index (χ2v) is 7.85. The fraction of sp³-hybridized carbons (Fsp3) is 0.304. The predicted molar refractivity (Wildman–Crippen MR) is 107 cm³/mol. The largest absolute Gasteiger partial charge is 0.392 e. The highest BCUT2D eigenvalue weighted by atomic mass is 16.3. The van der Waals surface area contributed by atoms with E-state index < -0.39 is 0 Å². The van der Waals surface area contributed by atoms with E-state index in [2.05, 4.69) is 22.3 Å². The lowest BCUT2D eigenvalue weighted by molar-refractivity contribution is 0.0366. The third-order valence-electron chi connectivity index (χ3n) is 6.48. The topological polar surface area (TPSA) is 69.2 Å². The number of nitrogens with zero attached hydrogens (tertiary/aromatic N) is 2. The van der Waals surface area contributed by atoms with Gasteiger partial charge in [-0.25, -0.2) is 0 Å². The summed E-state index contributed by atoms with van der Waals surface area (Å²) >= 11 is 0. The first-order valence-electron chi connectivity index (χ1n) is 9.83. The maximum Gasteiger partial charge on any atom is 0.257 e. The normalized spacial score (nSPS) is 20.3. The summed E-state index contributed by atoms with van der Waals surface area (Å²) in [5.41, 5.74) is 4.62. The first-order valence-corrected chi connectivity index (χ1v) is 9.83. The van der Waals surface area contributed by atoms with E-state index in [-0.39, 0.29) is 17.4 Å². The van der Waals surface area contributed by atoms with Crippen molar-refractivity contribution in [2.45, 2.75) is 30.8 Å². The highest BCUT2D eigenvalue weighted by Gasteiger charge is 2.48. The van der Waals surface area contributed by atoms with Crippen LogP contribution >= 0.6 is 0 Å². The summed E-state index contributed by atoms with van der Waals surface area (Å²) in [6.45, 7) is 1.28. The fourth-order valence-corrected chi connectivity index (χ4v) is 4.92. The Kier molecular flexibility index (Phi) is 4.05. The molecule has 1 fully saturated rings. The number of carbonyl (C=O) groups is 1. The van der Waals surface area contributed by atoms with E-state index >= 15 is 0 Å². The van der Waals surface area contributed by atoms with Crippen molar-refractivity contribution in [3.05, 3.63) is 77.5 Å². The number of H-pyrrole nitrogens is 1. The molecule has 2 aromatic carbocycles. The molecule has 5 rings (SSSR count). The van der Waals surface area contributed by atoms with Gasteiger partial charge in [-0.3, -0.25) is 9.89 Å². The van der Waals surface area contributed by atoms with E-state index in [0.717, 1.165) is 24.1 Å². The number of fused-ring (bicyclic) bond motifs is 2. The lowest BCUT2D eigenvalue weighted by atomic mass is 9.72. The number of nitrogens with one attached hydrogen (secondary N) is 1. The molecule has 1 aliphatic heterocycles. The molecule has 1 aromatic heterocycles. The molecule has 142 valence electrons. The number of likely N-dealkylation sites (tertiary alicyclic amines) is 1. The van der Waals surface area contributed by atoms with Crippen LogP contribution in [-0.4, -0.2) is 45.3 Å². The Balaban J connectivity index is 1.38. The molecule has 5 heteroatoms. The minimum atomic E-state index is -0.365. The summed E-state index contributed by atoms with van der Waals surface area (Å²) < 4.78 is 0. The van der Waals surface area contributed by atoms with Crippen molar-refractivity contribution in [2.24, 2.45) is 0 Å². The maximum atomic E-state index is 13.2. The van der Waals surface area contributed by atoms with E-state index in [9.17, 15) is 9.90 Å². The summed E-state index contributed by atoms with van der Waals surface area (Å²) in [6.07, 6.45) is 3.54. The number of amides is 1. The lowest BCUT2D eigenvalue weighted by Crippen LogP contribution is -2.49. The third-order valence-corrected chi connectivity index (χ3v) is 6.48. The van der Waals surface area contributed by atoms with E-state index in [1.165, 1.54) is 11.1 Å². The van der Waals surface area contributed by atoms with Gasteiger partial charge in [-0.15, -0.1) is 0 Å². The number of aromatic nitrogens is 2. The molecule has 1 atom stereocenters. The molecule has 5 nitrogen and oxygen atoms in total. The van der Waals surface area contributed by atoms with Gasteiger partial charge >= 0.3 is 0 Å². The molecule has 2 aliphatic rings. The summed E-state index contributed by atoms with van der Waals surface area (Å²) in [4.78, 5) is 15.1. The first-order chi connectivity index (χ1) is 13.7. The molecule has 3 aromatic rings. The van der Waals surface area contributed by atoms with Gasteiger partial charge in [0.25, 0.3) is 5.91 Å². The lowest BCUT2D eigenvalue weighted by Gasteiger charge is -2.42. The number of piperidine rings is 1. The van der Waals surface area contributed by atoms with Crippen LogP contribution in [0.15, 0.2) is 60.8 Å². The molecule has 1 spiro atoms. The Morgan fingerprint density at radius 2 is 1.79 bits per heavy atom. The van der Waals surface area contributed by atoms with Crippen molar-refractivity contribution in [3.8, 4) is 11.3 Å². The van der Waals surface area contributed by atoms with Crippen LogP contribution < -0.4 is 0 Å². The van der Waals surface area contributed by atoms with Crippen molar-refractivity contribution >= 4 is 5.91 Å². The van der Waals surface area contributed by atoms with Gasteiger partial charge < -0.3 is 10.0 Å². The van der Waals surface area contributed by atoms with Crippen molar-refractivity contribution in [2.75, 3.05) is 13.1 Å². The zero-order valence-electron chi connectivity index (χ0n) is 15.6. The van der Waals surface area contributed by atoms with Gasteiger partial charge in [0.1, 0.15) is 0 Å². The number of aliphatic hydroxyl groups excluding tert-OH is 1. The molecular weight excluding hydrogens is 350 g/mol. The Labute approximate surface area is 164 Å². The van der Waals surface area contributed by atoms with Crippen LogP contribution in [0.25, 0.3) is 11.3 Å².